The summed E-state index contributed by atoms with van der Waals surface area (Å²) >= 11 is -3.73. The summed E-state index contributed by atoms with van der Waals surface area (Å²) in [5.74, 6) is -0.333. The Morgan fingerprint density at radius 1 is 0.969 bits per heavy atom. The van der Waals surface area contributed by atoms with Crippen LogP contribution < -0.4 is 5.73 Å². The fraction of sp³-hybridized carbons (Fsp3) is 0.462. The summed E-state index contributed by atoms with van der Waals surface area (Å²) in [7, 11) is 0. The molecule has 3 rings (SSSR count). The predicted octanol–water partition coefficient (Wildman–Crippen LogP) is 4.60. The summed E-state index contributed by atoms with van der Waals surface area (Å²) in [6, 6.07) is 18.5. The Morgan fingerprint density at radius 3 is 2.03 bits per heavy atom. The van der Waals surface area contributed by atoms with Crippen molar-refractivity contribution in [2.24, 2.45) is 5.73 Å². The van der Waals surface area contributed by atoms with Gasteiger partial charge in [-0.2, -0.15) is 0 Å². The molecule has 0 saturated carbocycles. The van der Waals surface area contributed by atoms with Crippen molar-refractivity contribution in [2.75, 3.05) is 0 Å². The van der Waals surface area contributed by atoms with Crippen LogP contribution in [0.4, 0.5) is 0 Å². The molecule has 2 N–H and O–H groups in total. The Balaban J connectivity index is 1.94. The van der Waals surface area contributed by atoms with E-state index in [0.29, 0.717) is 12.8 Å². The van der Waals surface area contributed by atoms with E-state index in [2.05, 4.69) is 13.8 Å². The van der Waals surface area contributed by atoms with Gasteiger partial charge in [-0.05, 0) is 0 Å². The first kappa shape index (κ1) is 24.8. The number of carbonyl (C=O) groups is 2. The van der Waals surface area contributed by atoms with Gasteiger partial charge in [-0.1, -0.05) is 0 Å². The Bertz CT molecular complexity index is 867. The molecule has 1 heterocycles. The van der Waals surface area contributed by atoms with Crippen LogP contribution in [0.2, 0.25) is 8.87 Å². The maximum absolute atomic E-state index is 13.9. The number of nitrogens with two attached hydrogens (primary N) is 1. The van der Waals surface area contributed by atoms with E-state index in [9.17, 15) is 9.59 Å². The van der Waals surface area contributed by atoms with Crippen LogP contribution in [-0.4, -0.2) is 46.1 Å². The zero-order chi connectivity index (χ0) is 23.0. The molecule has 2 aromatic carbocycles. The number of rotatable bonds is 11. The first-order valence-electron chi connectivity index (χ1n) is 11.9. The van der Waals surface area contributed by atoms with Crippen LogP contribution in [0.1, 0.15) is 50.7 Å². The zero-order valence-electron chi connectivity index (χ0n) is 19.3. The Hall–Kier alpha value is -1.86. The van der Waals surface area contributed by atoms with Gasteiger partial charge in [-0.3, -0.25) is 0 Å². The van der Waals surface area contributed by atoms with Crippen LogP contribution in [0.15, 0.2) is 60.7 Å². The summed E-state index contributed by atoms with van der Waals surface area (Å²) in [5.41, 5.74) is 8.55. The summed E-state index contributed by atoms with van der Waals surface area (Å²) in [6.45, 7) is 4.29. The van der Waals surface area contributed by atoms with Gasteiger partial charge in [0, 0.05) is 0 Å². The molecule has 32 heavy (non-hydrogen) atoms. The van der Waals surface area contributed by atoms with Crippen LogP contribution in [-0.2, 0) is 25.5 Å². The summed E-state index contributed by atoms with van der Waals surface area (Å²) < 4.78 is 9.93. The molecular formula is C26H36N2O3Sn. The molecule has 0 unspecified atom stereocenters. The second-order valence-electron chi connectivity index (χ2n) is 8.78. The molecule has 0 bridgehead atoms. The van der Waals surface area contributed by atoms with E-state index in [4.69, 9.17) is 8.81 Å². The molecule has 0 spiro atoms. The van der Waals surface area contributed by atoms with E-state index in [1.807, 2.05) is 63.8 Å². The Morgan fingerprint density at radius 2 is 1.50 bits per heavy atom. The monoisotopic (exact) mass is 544 g/mol. The molecular weight excluding hydrogens is 507 g/mol. The van der Waals surface area contributed by atoms with E-state index in [1.165, 1.54) is 0 Å². The standard InChI is InChI=1S/C18H20N2O3.2C4H9.Sn/c19-15(11-13-7-3-1-4-8-13)17(21)20-16(18(22)23)12-14-9-5-2-6-10-14;2*1-3-4-2;/h1-10,15-16H,11-12,19H2,(H2,20,21,22,23);2*1,3-4H2,2H3;/q;;;+2/p-2/t15-,16-;;;/m0.../s1. The first-order valence-corrected chi connectivity index (χ1v) is 18.4. The molecule has 1 saturated heterocycles. The van der Waals surface area contributed by atoms with Crippen molar-refractivity contribution < 1.29 is 12.7 Å². The van der Waals surface area contributed by atoms with Gasteiger partial charge >= 0.3 is 198 Å². The Labute approximate surface area is 197 Å². The molecule has 1 fully saturated rings. The molecule has 1 amide bonds. The van der Waals surface area contributed by atoms with E-state index in [0.717, 1.165) is 45.7 Å². The van der Waals surface area contributed by atoms with Crippen molar-refractivity contribution >= 4 is 30.9 Å². The number of hydrogen-bond donors (Lipinski definition) is 1. The SMILES string of the molecule is CCC[CH2][Sn]1([CH2]CCC)[O]C(=O)[C@H](Cc2ccccc2)[N]1C(=O)[C@@H](N)Cc1ccccc1. The average Bonchev–Trinajstić information content (AvgIpc) is 3.08. The number of nitrogens with zero attached hydrogens (tertiary/aromatic N) is 1. The van der Waals surface area contributed by atoms with Crippen LogP contribution in [0, 0.1) is 0 Å². The number of amides is 1. The number of unbranched alkanes of at least 4 members (excludes halogenated alkanes) is 2. The van der Waals surface area contributed by atoms with Gasteiger partial charge in [0.05, 0.1) is 0 Å². The van der Waals surface area contributed by atoms with Crippen molar-refractivity contribution in [3.8, 4) is 0 Å². The quantitative estimate of drug-likeness (QED) is 0.421. The number of carbonyl (C=O) groups excluding carboxylic acids is 2. The predicted molar refractivity (Wildman–Crippen MR) is 130 cm³/mol. The molecule has 2 atom stereocenters. The van der Waals surface area contributed by atoms with Gasteiger partial charge in [-0.15, -0.1) is 0 Å². The first-order chi connectivity index (χ1) is 15.5. The third-order valence-electron chi connectivity index (χ3n) is 6.28. The summed E-state index contributed by atoms with van der Waals surface area (Å²) in [6.07, 6.45) is 4.94. The average molecular weight is 543 g/mol. The maximum atomic E-state index is 13.9. The van der Waals surface area contributed by atoms with Gasteiger partial charge in [0.25, 0.3) is 0 Å². The van der Waals surface area contributed by atoms with Crippen LogP contribution in [0.3, 0.4) is 0 Å². The molecule has 0 aliphatic carbocycles. The third-order valence-corrected chi connectivity index (χ3v) is 18.4. The minimum absolute atomic E-state index is 0.108. The summed E-state index contributed by atoms with van der Waals surface area (Å²) in [4.78, 5) is 27.1. The number of hydrogen-bond acceptors (Lipinski definition) is 4. The second-order valence-corrected chi connectivity index (χ2v) is 19.0. The van der Waals surface area contributed by atoms with Crippen molar-refractivity contribution in [2.45, 2.75) is 73.3 Å². The van der Waals surface area contributed by atoms with Gasteiger partial charge in [-0.25, -0.2) is 0 Å². The second kappa shape index (κ2) is 11.8. The van der Waals surface area contributed by atoms with Crippen molar-refractivity contribution in [1.82, 2.24) is 3.12 Å². The molecule has 2 aromatic rings. The normalized spacial score (nSPS) is 18.4. The summed E-state index contributed by atoms with van der Waals surface area (Å²) in [5, 5.41) is 0. The molecule has 1 aliphatic rings. The van der Waals surface area contributed by atoms with Gasteiger partial charge in [0.2, 0.25) is 0 Å². The molecule has 5 nitrogen and oxygen atoms in total. The van der Waals surface area contributed by atoms with E-state index in [-0.39, 0.29) is 11.9 Å². The van der Waals surface area contributed by atoms with E-state index in [1.54, 1.807) is 0 Å². The third kappa shape index (κ3) is 5.93. The Kier molecular flexibility index (Phi) is 9.17. The van der Waals surface area contributed by atoms with E-state index >= 15 is 0 Å². The van der Waals surface area contributed by atoms with Gasteiger partial charge in [0.1, 0.15) is 0 Å². The van der Waals surface area contributed by atoms with Crippen LogP contribution in [0.25, 0.3) is 0 Å². The van der Waals surface area contributed by atoms with E-state index < -0.39 is 31.1 Å². The molecule has 172 valence electrons. The van der Waals surface area contributed by atoms with Crippen molar-refractivity contribution in [3.63, 3.8) is 0 Å². The van der Waals surface area contributed by atoms with Gasteiger partial charge < -0.3 is 0 Å². The zero-order valence-corrected chi connectivity index (χ0v) is 22.2. The molecule has 1 aliphatic heterocycles. The molecule has 0 aromatic heterocycles. The number of benzene rings is 2. The molecule has 0 radical (unpaired) electrons. The van der Waals surface area contributed by atoms with Crippen LogP contribution in [0.5, 0.6) is 0 Å². The minimum atomic E-state index is -3.73. The van der Waals surface area contributed by atoms with Gasteiger partial charge in [0.15, 0.2) is 0 Å². The van der Waals surface area contributed by atoms with Crippen molar-refractivity contribution in [1.29, 1.82) is 0 Å². The van der Waals surface area contributed by atoms with Crippen molar-refractivity contribution in [3.05, 3.63) is 71.8 Å². The van der Waals surface area contributed by atoms with Crippen LogP contribution >= 0.6 is 0 Å². The fourth-order valence-corrected chi connectivity index (χ4v) is 18.0. The molecule has 6 heteroatoms. The topological polar surface area (TPSA) is 72.6 Å². The fourth-order valence-electron chi connectivity index (χ4n) is 4.57.